The second kappa shape index (κ2) is 5.41. The lowest BCUT2D eigenvalue weighted by Crippen LogP contribution is -2.49. The van der Waals surface area contributed by atoms with Crippen molar-refractivity contribution in [2.45, 2.75) is 39.7 Å². The molecule has 0 aliphatic carbocycles. The molecule has 0 spiro atoms. The molecule has 0 saturated carbocycles. The van der Waals surface area contributed by atoms with E-state index in [-0.39, 0.29) is 18.6 Å². The Labute approximate surface area is 112 Å². The van der Waals surface area contributed by atoms with Gasteiger partial charge in [-0.2, -0.15) is 0 Å². The molecular weight excluding hydrogens is 246 g/mol. The molecule has 1 aliphatic heterocycles. The highest BCUT2D eigenvalue weighted by Crippen LogP contribution is 2.28. The van der Waals surface area contributed by atoms with E-state index < -0.39 is 0 Å². The first-order chi connectivity index (χ1) is 8.54. The number of likely N-dealkylation sites (tertiary alicyclic amines) is 1. The monoisotopic (exact) mass is 267 g/mol. The molecule has 1 saturated heterocycles. The molecule has 100 valence electrons. The first-order valence-corrected chi connectivity index (χ1v) is 7.35. The standard InChI is InChI=1S/C14H21NO2S/c1-9-5-4-6-15(12(9)8-16)14(17)13-7-10(2)11(3)18-13/h7,9,12,16H,4-6,8H2,1-3H3. The zero-order chi connectivity index (χ0) is 13.3. The highest BCUT2D eigenvalue weighted by Gasteiger charge is 2.32. The molecule has 0 bridgehead atoms. The maximum absolute atomic E-state index is 12.5. The van der Waals surface area contributed by atoms with Crippen molar-refractivity contribution in [1.82, 2.24) is 4.90 Å². The van der Waals surface area contributed by atoms with E-state index >= 15 is 0 Å². The number of aliphatic hydroxyl groups is 1. The number of aliphatic hydroxyl groups excluding tert-OH is 1. The van der Waals surface area contributed by atoms with E-state index in [1.54, 1.807) is 11.3 Å². The summed E-state index contributed by atoms with van der Waals surface area (Å²) in [5.41, 5.74) is 1.17. The maximum atomic E-state index is 12.5. The Morgan fingerprint density at radius 3 is 2.83 bits per heavy atom. The minimum atomic E-state index is -0.0195. The van der Waals surface area contributed by atoms with Gasteiger partial charge in [-0.15, -0.1) is 11.3 Å². The molecule has 1 aromatic rings. The number of carbonyl (C=O) groups excluding carboxylic acids is 1. The second-order valence-corrected chi connectivity index (χ2v) is 6.47. The third kappa shape index (κ3) is 2.45. The molecule has 2 unspecified atom stereocenters. The highest BCUT2D eigenvalue weighted by atomic mass is 32.1. The highest BCUT2D eigenvalue weighted by molar-refractivity contribution is 7.14. The molecule has 2 heterocycles. The molecule has 1 aliphatic rings. The SMILES string of the molecule is Cc1cc(C(=O)N2CCCC(C)C2CO)sc1C. The number of piperidine rings is 1. The van der Waals surface area contributed by atoms with Gasteiger partial charge in [-0.1, -0.05) is 6.92 Å². The van der Waals surface area contributed by atoms with Gasteiger partial charge in [0.05, 0.1) is 17.5 Å². The third-order valence-corrected chi connectivity index (χ3v) is 5.08. The smallest absolute Gasteiger partial charge is 0.264 e. The fourth-order valence-corrected chi connectivity index (χ4v) is 3.59. The molecule has 3 nitrogen and oxygen atoms in total. The van der Waals surface area contributed by atoms with Crippen LogP contribution in [-0.4, -0.2) is 35.1 Å². The second-order valence-electron chi connectivity index (χ2n) is 5.22. The van der Waals surface area contributed by atoms with Crippen molar-refractivity contribution in [1.29, 1.82) is 0 Å². The first kappa shape index (κ1) is 13.6. The summed E-state index contributed by atoms with van der Waals surface area (Å²) in [5, 5.41) is 9.50. The molecule has 4 heteroatoms. The summed E-state index contributed by atoms with van der Waals surface area (Å²) >= 11 is 1.56. The summed E-state index contributed by atoms with van der Waals surface area (Å²) < 4.78 is 0. The number of hydrogen-bond acceptors (Lipinski definition) is 3. The van der Waals surface area contributed by atoms with Crippen molar-refractivity contribution in [3.05, 3.63) is 21.4 Å². The van der Waals surface area contributed by atoms with Crippen molar-refractivity contribution in [3.8, 4) is 0 Å². The molecule has 1 fully saturated rings. The van der Waals surface area contributed by atoms with E-state index in [4.69, 9.17) is 0 Å². The number of amides is 1. The van der Waals surface area contributed by atoms with Crippen LogP contribution in [0.3, 0.4) is 0 Å². The largest absolute Gasteiger partial charge is 0.394 e. The molecule has 0 aromatic carbocycles. The topological polar surface area (TPSA) is 40.5 Å². The minimum absolute atomic E-state index is 0.0195. The van der Waals surface area contributed by atoms with Gasteiger partial charge in [0.1, 0.15) is 0 Å². The average molecular weight is 267 g/mol. The molecule has 18 heavy (non-hydrogen) atoms. The lowest BCUT2D eigenvalue weighted by atomic mass is 9.91. The number of nitrogens with zero attached hydrogens (tertiary/aromatic N) is 1. The van der Waals surface area contributed by atoms with Crippen LogP contribution in [0.15, 0.2) is 6.07 Å². The number of thiophene rings is 1. The van der Waals surface area contributed by atoms with Crippen LogP contribution in [0.5, 0.6) is 0 Å². The molecule has 1 amide bonds. The summed E-state index contributed by atoms with van der Waals surface area (Å²) in [4.78, 5) is 16.4. The maximum Gasteiger partial charge on any atom is 0.264 e. The van der Waals surface area contributed by atoms with Crippen molar-refractivity contribution >= 4 is 17.2 Å². The van der Waals surface area contributed by atoms with E-state index in [0.717, 1.165) is 24.3 Å². The van der Waals surface area contributed by atoms with Crippen LogP contribution in [0, 0.1) is 19.8 Å². The van der Waals surface area contributed by atoms with Crippen LogP contribution in [0.4, 0.5) is 0 Å². The zero-order valence-corrected chi connectivity index (χ0v) is 12.1. The van der Waals surface area contributed by atoms with Gasteiger partial charge < -0.3 is 10.0 Å². The van der Waals surface area contributed by atoms with Gasteiger partial charge in [0.15, 0.2) is 0 Å². The summed E-state index contributed by atoms with van der Waals surface area (Å²) in [6, 6.07) is 1.95. The van der Waals surface area contributed by atoms with Crippen LogP contribution in [0.2, 0.25) is 0 Å². The van der Waals surface area contributed by atoms with Gasteiger partial charge in [-0.3, -0.25) is 4.79 Å². The van der Waals surface area contributed by atoms with E-state index in [2.05, 4.69) is 6.92 Å². The lowest BCUT2D eigenvalue weighted by Gasteiger charge is -2.38. The molecule has 2 atom stereocenters. The predicted molar refractivity (Wildman–Crippen MR) is 74.1 cm³/mol. The number of aryl methyl sites for hydroxylation is 2. The van der Waals surface area contributed by atoms with Crippen molar-refractivity contribution in [2.75, 3.05) is 13.2 Å². The van der Waals surface area contributed by atoms with E-state index in [9.17, 15) is 9.90 Å². The molecular formula is C14H21NO2S. The van der Waals surface area contributed by atoms with Gasteiger partial charge >= 0.3 is 0 Å². The van der Waals surface area contributed by atoms with Gasteiger partial charge in [-0.25, -0.2) is 0 Å². The zero-order valence-electron chi connectivity index (χ0n) is 11.3. The summed E-state index contributed by atoms with van der Waals surface area (Å²) in [7, 11) is 0. The van der Waals surface area contributed by atoms with Crippen LogP contribution in [0.1, 0.15) is 39.9 Å². The molecule has 2 rings (SSSR count). The quantitative estimate of drug-likeness (QED) is 0.894. The lowest BCUT2D eigenvalue weighted by molar-refractivity contribution is 0.0362. The van der Waals surface area contributed by atoms with E-state index in [1.807, 2.05) is 24.8 Å². The fraction of sp³-hybridized carbons (Fsp3) is 0.643. The van der Waals surface area contributed by atoms with Gasteiger partial charge in [0.25, 0.3) is 5.91 Å². The Bertz CT molecular complexity index is 422. The van der Waals surface area contributed by atoms with Crippen LogP contribution < -0.4 is 0 Å². The molecule has 1 aromatic heterocycles. The number of rotatable bonds is 2. The Morgan fingerprint density at radius 1 is 1.56 bits per heavy atom. The number of carbonyl (C=O) groups is 1. The Balaban J connectivity index is 2.21. The predicted octanol–water partition coefficient (Wildman–Crippen LogP) is 2.60. The Morgan fingerprint density at radius 2 is 2.28 bits per heavy atom. The van der Waals surface area contributed by atoms with Crippen molar-refractivity contribution < 1.29 is 9.90 Å². The number of hydrogen-bond donors (Lipinski definition) is 1. The van der Waals surface area contributed by atoms with Crippen LogP contribution >= 0.6 is 11.3 Å². The third-order valence-electron chi connectivity index (χ3n) is 3.94. The van der Waals surface area contributed by atoms with E-state index in [1.165, 1.54) is 10.4 Å². The summed E-state index contributed by atoms with van der Waals surface area (Å²) in [6.07, 6.45) is 2.13. The van der Waals surface area contributed by atoms with E-state index in [0.29, 0.717) is 5.92 Å². The summed E-state index contributed by atoms with van der Waals surface area (Å²) in [6.45, 7) is 7.02. The van der Waals surface area contributed by atoms with Crippen LogP contribution in [0.25, 0.3) is 0 Å². The molecule has 1 N–H and O–H groups in total. The van der Waals surface area contributed by atoms with Gasteiger partial charge in [0.2, 0.25) is 0 Å². The minimum Gasteiger partial charge on any atom is -0.394 e. The normalized spacial score (nSPS) is 24.3. The molecule has 0 radical (unpaired) electrons. The summed E-state index contributed by atoms with van der Waals surface area (Å²) in [5.74, 6) is 0.469. The van der Waals surface area contributed by atoms with Crippen molar-refractivity contribution in [2.24, 2.45) is 5.92 Å². The fourth-order valence-electron chi connectivity index (χ4n) is 2.60. The van der Waals surface area contributed by atoms with Gasteiger partial charge in [0, 0.05) is 11.4 Å². The first-order valence-electron chi connectivity index (χ1n) is 6.53. The average Bonchev–Trinajstić information content (AvgIpc) is 2.68. The van der Waals surface area contributed by atoms with Crippen LogP contribution in [-0.2, 0) is 0 Å². The Hall–Kier alpha value is -0.870. The van der Waals surface area contributed by atoms with Crippen molar-refractivity contribution in [3.63, 3.8) is 0 Å². The van der Waals surface area contributed by atoms with Gasteiger partial charge in [-0.05, 0) is 44.2 Å². The Kier molecular flexibility index (Phi) is 4.07.